The van der Waals surface area contributed by atoms with Gasteiger partial charge in [0.25, 0.3) is 0 Å². The molecule has 0 aliphatic carbocycles. The fourth-order valence-electron chi connectivity index (χ4n) is 3.12. The minimum Gasteiger partial charge on any atom is -0.505 e. The van der Waals surface area contributed by atoms with Gasteiger partial charge in [0.2, 0.25) is 0 Å². The number of ether oxygens (including phenoxy) is 1. The molecule has 5 nitrogen and oxygen atoms in total. The summed E-state index contributed by atoms with van der Waals surface area (Å²) in [4.78, 5) is 17.0. The summed E-state index contributed by atoms with van der Waals surface area (Å²) in [7, 11) is 1.36. The van der Waals surface area contributed by atoms with Crippen LogP contribution in [0.15, 0.2) is 72.2 Å². The van der Waals surface area contributed by atoms with Crippen molar-refractivity contribution < 1.29 is 14.6 Å². The zero-order chi connectivity index (χ0) is 19.5. The molecule has 0 radical (unpaired) electrons. The number of pyridine rings is 1. The van der Waals surface area contributed by atoms with E-state index in [2.05, 4.69) is 10.3 Å². The molecule has 4 aromatic rings. The maximum absolute atomic E-state index is 11.6. The number of hydrogen-bond donors (Lipinski definition) is 2. The second kappa shape index (κ2) is 7.70. The monoisotopic (exact) mass is 390 g/mol. The highest BCUT2D eigenvalue weighted by molar-refractivity contribution is 7.10. The SMILES string of the molecule is COC(=O)c1ccc(NC(c2cccs2)c2ccc3cccnc3c2O)cc1. The number of aromatic hydroxyl groups is 1. The van der Waals surface area contributed by atoms with E-state index in [1.807, 2.05) is 53.9 Å². The second-order valence-corrected chi connectivity index (χ2v) is 7.22. The number of nitrogens with zero attached hydrogens (tertiary/aromatic N) is 1. The van der Waals surface area contributed by atoms with Gasteiger partial charge in [-0.25, -0.2) is 4.79 Å². The van der Waals surface area contributed by atoms with E-state index < -0.39 is 0 Å². The van der Waals surface area contributed by atoms with Gasteiger partial charge in [0.15, 0.2) is 0 Å². The van der Waals surface area contributed by atoms with Gasteiger partial charge in [-0.15, -0.1) is 11.3 Å². The van der Waals surface area contributed by atoms with E-state index in [4.69, 9.17) is 4.74 Å². The number of rotatable bonds is 5. The first kappa shape index (κ1) is 18.0. The summed E-state index contributed by atoms with van der Waals surface area (Å²) in [6.45, 7) is 0. The first-order valence-electron chi connectivity index (χ1n) is 8.72. The fraction of sp³-hybridized carbons (Fsp3) is 0.0909. The molecule has 6 heteroatoms. The average Bonchev–Trinajstić information content (AvgIpc) is 3.27. The Hall–Kier alpha value is -3.38. The van der Waals surface area contributed by atoms with Crippen LogP contribution >= 0.6 is 11.3 Å². The van der Waals surface area contributed by atoms with E-state index in [0.717, 1.165) is 21.5 Å². The molecule has 140 valence electrons. The van der Waals surface area contributed by atoms with E-state index >= 15 is 0 Å². The Morgan fingerprint density at radius 1 is 1.11 bits per heavy atom. The normalized spacial score (nSPS) is 11.9. The van der Waals surface area contributed by atoms with Crippen LogP contribution in [0.1, 0.15) is 26.8 Å². The number of esters is 1. The Balaban J connectivity index is 1.73. The van der Waals surface area contributed by atoms with Crippen LogP contribution in [-0.4, -0.2) is 23.2 Å². The van der Waals surface area contributed by atoms with Gasteiger partial charge in [-0.3, -0.25) is 4.98 Å². The molecular formula is C22H18N2O3S. The van der Waals surface area contributed by atoms with Crippen molar-refractivity contribution in [2.45, 2.75) is 6.04 Å². The topological polar surface area (TPSA) is 71.5 Å². The standard InChI is InChI=1S/C22H18N2O3S/c1-27-22(26)15-6-9-16(10-7-15)24-20(18-5-3-13-28-18)17-11-8-14-4-2-12-23-19(14)21(17)25/h2-13,20,24-25H,1H3. The highest BCUT2D eigenvalue weighted by Gasteiger charge is 2.21. The van der Waals surface area contributed by atoms with Crippen molar-refractivity contribution in [3.63, 3.8) is 0 Å². The Bertz CT molecular complexity index is 1110. The predicted octanol–water partition coefficient (Wildman–Crippen LogP) is 4.99. The van der Waals surface area contributed by atoms with Crippen molar-refractivity contribution in [3.05, 3.63) is 88.2 Å². The van der Waals surface area contributed by atoms with Gasteiger partial charge in [0, 0.05) is 27.7 Å². The van der Waals surface area contributed by atoms with Gasteiger partial charge in [0.1, 0.15) is 11.3 Å². The number of anilines is 1. The van der Waals surface area contributed by atoms with Crippen molar-refractivity contribution in [2.24, 2.45) is 0 Å². The maximum atomic E-state index is 11.6. The molecule has 0 saturated carbocycles. The number of hydrogen-bond acceptors (Lipinski definition) is 6. The molecule has 2 N–H and O–H groups in total. The summed E-state index contributed by atoms with van der Waals surface area (Å²) in [5.74, 6) is -0.213. The molecule has 1 unspecified atom stereocenters. The van der Waals surface area contributed by atoms with Gasteiger partial charge in [-0.2, -0.15) is 0 Å². The quantitative estimate of drug-likeness (QED) is 0.470. The van der Waals surface area contributed by atoms with E-state index in [9.17, 15) is 9.90 Å². The molecule has 4 rings (SSSR count). The Morgan fingerprint density at radius 3 is 2.64 bits per heavy atom. The molecule has 0 aliphatic rings. The van der Waals surface area contributed by atoms with Crippen LogP contribution in [0.5, 0.6) is 5.75 Å². The molecular weight excluding hydrogens is 372 g/mol. The van der Waals surface area contributed by atoms with E-state index in [0.29, 0.717) is 11.1 Å². The van der Waals surface area contributed by atoms with Crippen molar-refractivity contribution in [1.29, 1.82) is 0 Å². The van der Waals surface area contributed by atoms with Crippen molar-refractivity contribution >= 4 is 33.9 Å². The Kier molecular flexibility index (Phi) is 4.95. The molecule has 0 fully saturated rings. The lowest BCUT2D eigenvalue weighted by Gasteiger charge is -2.21. The van der Waals surface area contributed by atoms with Gasteiger partial charge in [-0.05, 0) is 41.8 Å². The summed E-state index contributed by atoms with van der Waals surface area (Å²) in [6.07, 6.45) is 1.67. The van der Waals surface area contributed by atoms with Gasteiger partial charge in [0.05, 0.1) is 18.7 Å². The number of aromatic nitrogens is 1. The summed E-state index contributed by atoms with van der Waals surface area (Å²) >= 11 is 1.60. The largest absolute Gasteiger partial charge is 0.505 e. The number of carbonyl (C=O) groups excluding carboxylic acids is 1. The zero-order valence-corrected chi connectivity index (χ0v) is 15.9. The molecule has 2 aromatic heterocycles. The number of thiophene rings is 1. The number of phenolic OH excluding ortho intramolecular Hbond substituents is 1. The smallest absolute Gasteiger partial charge is 0.337 e. The van der Waals surface area contributed by atoms with Crippen molar-refractivity contribution in [2.75, 3.05) is 12.4 Å². The number of nitrogens with one attached hydrogen (secondary N) is 1. The number of carbonyl (C=O) groups is 1. The highest BCUT2D eigenvalue weighted by atomic mass is 32.1. The molecule has 2 heterocycles. The van der Waals surface area contributed by atoms with E-state index in [1.54, 1.807) is 29.7 Å². The zero-order valence-electron chi connectivity index (χ0n) is 15.1. The van der Waals surface area contributed by atoms with Crippen LogP contribution in [0.4, 0.5) is 5.69 Å². The molecule has 0 spiro atoms. The minimum absolute atomic E-state index is 0.162. The lowest BCUT2D eigenvalue weighted by Crippen LogP contribution is -2.12. The van der Waals surface area contributed by atoms with Crippen molar-refractivity contribution in [1.82, 2.24) is 4.98 Å². The summed E-state index contributed by atoms with van der Waals surface area (Å²) in [6, 6.07) is 18.5. The van der Waals surface area contributed by atoms with Crippen LogP contribution in [0.3, 0.4) is 0 Å². The number of fused-ring (bicyclic) bond motifs is 1. The van der Waals surface area contributed by atoms with Gasteiger partial charge >= 0.3 is 5.97 Å². The fourth-order valence-corrected chi connectivity index (χ4v) is 3.92. The van der Waals surface area contributed by atoms with Crippen LogP contribution < -0.4 is 5.32 Å². The molecule has 0 aliphatic heterocycles. The number of methoxy groups -OCH3 is 1. The van der Waals surface area contributed by atoms with Gasteiger partial charge < -0.3 is 15.2 Å². The maximum Gasteiger partial charge on any atom is 0.337 e. The van der Waals surface area contributed by atoms with Crippen LogP contribution in [-0.2, 0) is 4.74 Å². The Labute approximate surface area is 166 Å². The van der Waals surface area contributed by atoms with E-state index in [-0.39, 0.29) is 17.8 Å². The molecule has 1 atom stereocenters. The second-order valence-electron chi connectivity index (χ2n) is 6.24. The minimum atomic E-state index is -0.375. The lowest BCUT2D eigenvalue weighted by atomic mass is 10.0. The van der Waals surface area contributed by atoms with E-state index in [1.165, 1.54) is 7.11 Å². The van der Waals surface area contributed by atoms with Crippen molar-refractivity contribution in [3.8, 4) is 5.75 Å². The van der Waals surface area contributed by atoms with Crippen LogP contribution in [0.2, 0.25) is 0 Å². The molecule has 0 amide bonds. The number of phenols is 1. The van der Waals surface area contributed by atoms with Crippen LogP contribution in [0.25, 0.3) is 10.9 Å². The summed E-state index contributed by atoms with van der Waals surface area (Å²) in [5, 5.41) is 17.2. The molecule has 2 aromatic carbocycles. The first-order valence-corrected chi connectivity index (χ1v) is 9.60. The molecule has 0 bridgehead atoms. The number of benzene rings is 2. The predicted molar refractivity (Wildman–Crippen MR) is 111 cm³/mol. The highest BCUT2D eigenvalue weighted by Crippen LogP contribution is 2.37. The third-order valence-electron chi connectivity index (χ3n) is 4.53. The van der Waals surface area contributed by atoms with Crippen LogP contribution in [0, 0.1) is 0 Å². The van der Waals surface area contributed by atoms with Gasteiger partial charge in [-0.1, -0.05) is 24.3 Å². The summed E-state index contributed by atoms with van der Waals surface area (Å²) < 4.78 is 4.74. The Morgan fingerprint density at radius 2 is 1.93 bits per heavy atom. The molecule has 28 heavy (non-hydrogen) atoms. The lowest BCUT2D eigenvalue weighted by molar-refractivity contribution is 0.0601. The molecule has 0 saturated heterocycles. The third kappa shape index (κ3) is 3.42. The first-order chi connectivity index (χ1) is 13.7. The average molecular weight is 390 g/mol. The third-order valence-corrected chi connectivity index (χ3v) is 5.47. The summed E-state index contributed by atoms with van der Waals surface area (Å²) in [5.41, 5.74) is 2.63.